The van der Waals surface area contributed by atoms with Gasteiger partial charge >= 0.3 is 5.97 Å². The van der Waals surface area contributed by atoms with Crippen molar-refractivity contribution >= 4 is 33.6 Å². The maximum absolute atomic E-state index is 14.1. The summed E-state index contributed by atoms with van der Waals surface area (Å²) in [5.41, 5.74) is 20.4. The highest BCUT2D eigenvalue weighted by atomic mass is 33.1. The zero-order valence-corrected chi connectivity index (χ0v) is 58.8. The number of aromatic hydroxyl groups is 2. The van der Waals surface area contributed by atoms with Gasteiger partial charge in [0.15, 0.2) is 18.3 Å². The van der Waals surface area contributed by atoms with Gasteiger partial charge in [-0.15, -0.1) is 0 Å². The number of hydrogen-bond acceptors (Lipinski definition) is 16. The van der Waals surface area contributed by atoms with E-state index in [9.17, 15) is 25.2 Å². The Kier molecular flexibility index (Phi) is 18.8. The van der Waals surface area contributed by atoms with Gasteiger partial charge in [0.2, 0.25) is 0 Å². The number of phenols is 2. The molecule has 4 fully saturated rings. The Morgan fingerprint density at radius 2 is 1.78 bits per heavy atom. The zero-order valence-electron chi connectivity index (χ0n) is 57.2. The number of fused-ring (bicyclic) bond motifs is 16. The van der Waals surface area contributed by atoms with Crippen LogP contribution in [0.25, 0.3) is 17.2 Å². The molecule has 6 aliphatic heterocycles. The quantitative estimate of drug-likeness (QED) is 0.0283. The molecule has 15 unspecified atom stereocenters. The summed E-state index contributed by atoms with van der Waals surface area (Å²) in [5, 5.41) is 60.2. The lowest BCUT2D eigenvalue weighted by Crippen LogP contribution is -2.52. The molecule has 11 bridgehead atoms. The highest BCUT2D eigenvalue weighted by molar-refractivity contribution is 8.77. The number of rotatable bonds is 10. The lowest BCUT2D eigenvalue weighted by molar-refractivity contribution is -0.141. The van der Waals surface area contributed by atoms with Crippen LogP contribution < -0.4 is 35.9 Å². The maximum Gasteiger partial charge on any atom is 0.302 e. The zero-order chi connectivity index (χ0) is 67.7. The monoisotopic (exact) mass is 1370 g/mol. The summed E-state index contributed by atoms with van der Waals surface area (Å²) in [6.07, 6.45) is 19.8. The fourth-order valence-electron chi connectivity index (χ4n) is 20.3. The lowest BCUT2D eigenvalue weighted by atomic mass is 9.55. The molecule has 16 rings (SSSR count). The van der Waals surface area contributed by atoms with Gasteiger partial charge in [-0.1, -0.05) is 157 Å². The van der Waals surface area contributed by atoms with Crippen LogP contribution in [0.3, 0.4) is 0 Å². The Bertz CT molecular complexity index is 4180. The van der Waals surface area contributed by atoms with E-state index < -0.39 is 48.4 Å². The third-order valence-corrected chi connectivity index (χ3v) is 27.7. The van der Waals surface area contributed by atoms with Crippen molar-refractivity contribution in [2.45, 2.75) is 181 Å². The molecule has 5 aliphatic carbocycles. The summed E-state index contributed by atoms with van der Waals surface area (Å²) in [6, 6.07) is 27.9. The van der Waals surface area contributed by atoms with E-state index in [0.717, 1.165) is 140 Å². The van der Waals surface area contributed by atoms with Crippen molar-refractivity contribution in [1.82, 2.24) is 16.0 Å². The molecule has 0 amide bonds. The number of dihydropyridines is 1. The Morgan fingerprint density at radius 3 is 2.60 bits per heavy atom. The van der Waals surface area contributed by atoms with E-state index in [2.05, 4.69) is 132 Å². The number of aliphatic hydroxyl groups excluding tert-OH is 2. The highest BCUT2D eigenvalue weighted by Gasteiger charge is 2.57. The maximum atomic E-state index is 14.1. The van der Waals surface area contributed by atoms with Crippen molar-refractivity contribution in [2.75, 3.05) is 46.0 Å². The first-order valence-corrected chi connectivity index (χ1v) is 39.1. The first-order valence-electron chi connectivity index (χ1n) is 36.7. The molecule has 15 atom stereocenters. The Morgan fingerprint density at radius 1 is 0.909 bits per heavy atom. The number of esters is 1. The van der Waals surface area contributed by atoms with Crippen LogP contribution in [0.4, 0.5) is 0 Å². The summed E-state index contributed by atoms with van der Waals surface area (Å²) in [4.78, 5) is 13.6. The van der Waals surface area contributed by atoms with E-state index in [0.29, 0.717) is 60.1 Å². The first-order chi connectivity index (χ1) is 48.4. The number of hydrogen-bond donors (Lipinski definition) is 8. The smallest absolute Gasteiger partial charge is 0.302 e. The number of aliphatic hydroxyl groups is 2. The van der Waals surface area contributed by atoms with Crippen molar-refractivity contribution in [3.8, 4) is 63.6 Å². The van der Waals surface area contributed by atoms with Crippen molar-refractivity contribution in [1.29, 1.82) is 0 Å². The van der Waals surface area contributed by atoms with Crippen LogP contribution >= 0.6 is 21.6 Å². The molecule has 9 N–H and O–H groups in total. The predicted molar refractivity (Wildman–Crippen MR) is 389 cm³/mol. The third-order valence-electron chi connectivity index (χ3n) is 24.7. The van der Waals surface area contributed by atoms with Crippen molar-refractivity contribution in [3.63, 3.8) is 0 Å². The molecule has 14 nitrogen and oxygen atoms in total. The van der Waals surface area contributed by atoms with Crippen LogP contribution in [0.15, 0.2) is 108 Å². The average Bonchev–Trinajstić information content (AvgIpc) is 1.63. The number of nitrogens with one attached hydrogen (secondary N) is 3. The second kappa shape index (κ2) is 27.8. The number of benzene rings is 5. The number of phenolic OH excluding ortho intramolecular Hbond substituents is 2. The van der Waals surface area contributed by atoms with Crippen molar-refractivity contribution in [2.24, 2.45) is 41.2 Å². The molecule has 3 saturated carbocycles. The second-order valence-electron chi connectivity index (χ2n) is 30.3. The number of carbonyl (C=O) groups excluding carboxylic acids is 1. The molecule has 16 heteroatoms. The van der Waals surface area contributed by atoms with Gasteiger partial charge in [-0.05, 0) is 151 Å². The highest BCUT2D eigenvalue weighted by Crippen LogP contribution is 2.66. The van der Waals surface area contributed by atoms with E-state index in [4.69, 9.17) is 29.4 Å². The molecule has 6 heterocycles. The van der Waals surface area contributed by atoms with Gasteiger partial charge in [-0.3, -0.25) is 4.79 Å². The molecule has 99 heavy (non-hydrogen) atoms. The summed E-state index contributed by atoms with van der Waals surface area (Å²) >= 11 is 0. The van der Waals surface area contributed by atoms with E-state index in [1.165, 1.54) is 35.6 Å². The standard InChI is InChI=1S/C83H94N4O10S2/c1-4-51-36-63-67(87-81(51)84)25-21-52-19-20-53-31-49-15-11-17-57(32-49)83(28-9-6-10-29-83)74(63)54-27-30-82(38-54)39-55-35-59(91)37-69(95-46-89)71(55)61-23-22-60-66(44-94-47(2)90)77(96-78(60)75(61)82)73-62-24-26-68-80(97-79(62)76(92)64(72(52)73)41-85-40-56(42-88)65(53)43-93-3)70(34-48-13-7-5-8-14-48)99-98-45-50-16-12-18-58(33-50)86-68/h5,7-8,11,13-15,17,22-24,26,32,35-37,50,52-54,56,58,65-66,68,70,74,77,80-81,85-89,91-92H,4,6,9-10,12,16,18,27-31,33-34,38-46,84H2,1-3H3. The van der Waals surface area contributed by atoms with Gasteiger partial charge in [0, 0.05) is 114 Å². The van der Waals surface area contributed by atoms with Gasteiger partial charge in [0.05, 0.1) is 35.7 Å². The number of nitrogens with two attached hydrogens (primary N) is 1. The predicted octanol–water partition coefficient (Wildman–Crippen LogP) is 13.0. The molecular formula is C83H94N4O10S2. The number of allylic oxidation sites excluding steroid dienone is 3. The van der Waals surface area contributed by atoms with Crippen LogP contribution in [0.1, 0.15) is 171 Å². The number of methoxy groups -OCH3 is 1. The Hall–Kier alpha value is -6.83. The fourth-order valence-corrected chi connectivity index (χ4v) is 23.5. The first kappa shape index (κ1) is 66.7. The van der Waals surface area contributed by atoms with E-state index in [-0.39, 0.29) is 83.6 Å². The van der Waals surface area contributed by atoms with Crippen LogP contribution in [0, 0.1) is 59.2 Å². The molecule has 5 aromatic carbocycles. The summed E-state index contributed by atoms with van der Waals surface area (Å²) < 4.78 is 34.9. The van der Waals surface area contributed by atoms with Crippen molar-refractivity contribution < 1.29 is 48.9 Å². The minimum absolute atomic E-state index is 0.0143. The van der Waals surface area contributed by atoms with E-state index >= 15 is 0 Å². The minimum atomic E-state index is -0.905. The summed E-state index contributed by atoms with van der Waals surface area (Å²) in [5.74, 6) is 16.2. The SMILES string of the molecule is CCC1=CC2=C(C#CC3C#CC4Cc5cccc(c5)C5(CCCCC5)C2C2CCC5(Cc6cc(O)cc(OCO)c6-c6ccc7c(c65)OC(c5c6c(c(O)c(c53)CNCC(CO)C4COC)OC3C(C=C6)NC4CCCC(CSSC3Cc3ccccc3)C4)C7COC(C)=O)C2)NC1N. The van der Waals surface area contributed by atoms with Crippen LogP contribution in [0.2, 0.25) is 0 Å². The minimum Gasteiger partial charge on any atom is -0.508 e. The van der Waals surface area contributed by atoms with E-state index in [1.807, 2.05) is 27.7 Å². The molecule has 5 aromatic rings. The molecule has 0 radical (unpaired) electrons. The second-order valence-corrected chi connectivity index (χ2v) is 33.0. The van der Waals surface area contributed by atoms with Crippen LogP contribution in [-0.2, 0) is 50.9 Å². The molecule has 11 aliphatic rings. The van der Waals surface area contributed by atoms with Crippen LogP contribution in [0.5, 0.6) is 28.7 Å². The number of ether oxygens (including phenoxy) is 5. The topological polar surface area (TPSA) is 206 Å². The van der Waals surface area contributed by atoms with Gasteiger partial charge in [-0.2, -0.15) is 0 Å². The van der Waals surface area contributed by atoms with Gasteiger partial charge < -0.3 is 65.8 Å². The Labute approximate surface area is 590 Å². The van der Waals surface area contributed by atoms with Gasteiger partial charge in [0.25, 0.3) is 0 Å². The molecule has 1 saturated heterocycles. The normalized spacial score (nSPS) is 31.2. The summed E-state index contributed by atoms with van der Waals surface area (Å²) in [7, 11) is 5.58. The molecular weight excluding hydrogens is 1280 g/mol. The molecule has 518 valence electrons. The van der Waals surface area contributed by atoms with E-state index in [1.54, 1.807) is 13.2 Å². The van der Waals surface area contributed by atoms with Gasteiger partial charge in [-0.25, -0.2) is 0 Å². The Balaban J connectivity index is 1.04. The molecule has 2 spiro atoms. The van der Waals surface area contributed by atoms with Crippen molar-refractivity contribution in [3.05, 3.63) is 163 Å². The van der Waals surface area contributed by atoms with Gasteiger partial charge in [0.1, 0.15) is 42.0 Å². The fraction of sp³-hybridized carbons (Fsp3) is 0.506. The van der Waals surface area contributed by atoms with Crippen LogP contribution in [-0.4, -0.2) is 102 Å². The summed E-state index contributed by atoms with van der Waals surface area (Å²) in [6.45, 7) is 3.77. The largest absolute Gasteiger partial charge is 0.508 e. The average molecular weight is 1370 g/mol. The number of carbonyl (C=O) groups is 1. The lowest BCUT2D eigenvalue weighted by Gasteiger charge is -2.49. The third kappa shape index (κ3) is 12.2. The molecule has 0 aromatic heterocycles.